The summed E-state index contributed by atoms with van der Waals surface area (Å²) in [5.41, 5.74) is 0. The lowest BCUT2D eigenvalue weighted by molar-refractivity contribution is 0.0799. The standard InChI is InChI=1S/C14H23N3O2S/c1-10-9-16-13(20-10)3-6-15-14(19)17-7-4-12(5-8-17)11(2)18/h9,11-12,18H,3-8H2,1-2H3,(H,15,19). The molecule has 20 heavy (non-hydrogen) atoms. The third-order valence-electron chi connectivity index (χ3n) is 3.79. The van der Waals surface area contributed by atoms with E-state index < -0.39 is 0 Å². The van der Waals surface area contributed by atoms with Crippen LogP contribution in [0.5, 0.6) is 0 Å². The molecule has 0 saturated carbocycles. The molecule has 0 bridgehead atoms. The predicted octanol–water partition coefficient (Wildman–Crippen LogP) is 1.80. The second kappa shape index (κ2) is 7.04. The quantitative estimate of drug-likeness (QED) is 0.890. The maximum atomic E-state index is 12.0. The van der Waals surface area contributed by atoms with Crippen LogP contribution in [-0.2, 0) is 6.42 Å². The van der Waals surface area contributed by atoms with Gasteiger partial charge in [0.1, 0.15) is 0 Å². The van der Waals surface area contributed by atoms with Crippen molar-refractivity contribution in [2.45, 2.75) is 39.2 Å². The van der Waals surface area contributed by atoms with Crippen molar-refractivity contribution in [3.8, 4) is 0 Å². The Balaban J connectivity index is 1.68. The lowest BCUT2D eigenvalue weighted by Crippen LogP contribution is -2.46. The number of carbonyl (C=O) groups excluding carboxylic acids is 1. The van der Waals surface area contributed by atoms with E-state index in [2.05, 4.69) is 10.3 Å². The van der Waals surface area contributed by atoms with Gasteiger partial charge in [-0.15, -0.1) is 11.3 Å². The molecule has 2 heterocycles. The Bertz CT molecular complexity index is 439. The van der Waals surface area contributed by atoms with Gasteiger partial charge in [0.05, 0.1) is 11.1 Å². The van der Waals surface area contributed by atoms with Gasteiger partial charge >= 0.3 is 6.03 Å². The highest BCUT2D eigenvalue weighted by molar-refractivity contribution is 7.11. The molecule has 6 heteroatoms. The number of amides is 2. The Kier molecular flexibility index (Phi) is 5.37. The van der Waals surface area contributed by atoms with E-state index in [0.29, 0.717) is 12.5 Å². The van der Waals surface area contributed by atoms with Crippen molar-refractivity contribution in [3.05, 3.63) is 16.1 Å². The number of aromatic nitrogens is 1. The maximum absolute atomic E-state index is 12.0. The summed E-state index contributed by atoms with van der Waals surface area (Å²) >= 11 is 1.67. The van der Waals surface area contributed by atoms with Crippen LogP contribution < -0.4 is 5.32 Å². The zero-order chi connectivity index (χ0) is 14.5. The number of piperidine rings is 1. The fraction of sp³-hybridized carbons (Fsp3) is 0.714. The smallest absolute Gasteiger partial charge is 0.317 e. The topological polar surface area (TPSA) is 65.5 Å². The van der Waals surface area contributed by atoms with Crippen molar-refractivity contribution >= 4 is 17.4 Å². The van der Waals surface area contributed by atoms with Crippen LogP contribution in [0.4, 0.5) is 4.79 Å². The highest BCUT2D eigenvalue weighted by atomic mass is 32.1. The number of aliphatic hydroxyl groups is 1. The Morgan fingerprint density at radius 1 is 1.60 bits per heavy atom. The van der Waals surface area contributed by atoms with Gasteiger partial charge in [-0.2, -0.15) is 0 Å². The molecular formula is C14H23N3O2S. The van der Waals surface area contributed by atoms with E-state index in [4.69, 9.17) is 0 Å². The average Bonchev–Trinajstić information content (AvgIpc) is 2.84. The van der Waals surface area contributed by atoms with Crippen LogP contribution in [-0.4, -0.2) is 46.8 Å². The molecule has 1 atom stereocenters. The second-order valence-corrected chi connectivity index (χ2v) is 6.73. The first-order valence-corrected chi connectivity index (χ1v) is 8.00. The summed E-state index contributed by atoms with van der Waals surface area (Å²) in [6.45, 7) is 5.96. The molecular weight excluding hydrogens is 274 g/mol. The lowest BCUT2D eigenvalue weighted by atomic mass is 9.92. The van der Waals surface area contributed by atoms with E-state index in [-0.39, 0.29) is 12.1 Å². The molecule has 5 nitrogen and oxygen atoms in total. The van der Waals surface area contributed by atoms with Crippen LogP contribution in [0.1, 0.15) is 29.7 Å². The fourth-order valence-corrected chi connectivity index (χ4v) is 3.28. The number of urea groups is 1. The minimum Gasteiger partial charge on any atom is -0.393 e. The van der Waals surface area contributed by atoms with Crippen LogP contribution in [0, 0.1) is 12.8 Å². The molecule has 1 aromatic rings. The molecule has 1 fully saturated rings. The summed E-state index contributed by atoms with van der Waals surface area (Å²) in [5, 5.41) is 13.6. The Morgan fingerprint density at radius 3 is 2.85 bits per heavy atom. The van der Waals surface area contributed by atoms with E-state index in [1.165, 1.54) is 4.88 Å². The molecule has 112 valence electrons. The number of hydrogen-bond donors (Lipinski definition) is 2. The molecule has 0 aliphatic carbocycles. The number of carbonyl (C=O) groups is 1. The van der Waals surface area contributed by atoms with Gasteiger partial charge in [-0.3, -0.25) is 0 Å². The van der Waals surface area contributed by atoms with Crippen LogP contribution in [0.15, 0.2) is 6.20 Å². The summed E-state index contributed by atoms with van der Waals surface area (Å²) in [5.74, 6) is 0.331. The number of nitrogens with zero attached hydrogens (tertiary/aromatic N) is 2. The highest BCUT2D eigenvalue weighted by Crippen LogP contribution is 2.20. The molecule has 0 radical (unpaired) electrons. The minimum atomic E-state index is -0.270. The van der Waals surface area contributed by atoms with E-state index in [0.717, 1.165) is 37.4 Å². The van der Waals surface area contributed by atoms with Gasteiger partial charge in [0.25, 0.3) is 0 Å². The third kappa shape index (κ3) is 4.18. The first-order chi connectivity index (χ1) is 9.56. The summed E-state index contributed by atoms with van der Waals surface area (Å²) < 4.78 is 0. The zero-order valence-corrected chi connectivity index (χ0v) is 12.9. The molecule has 1 aliphatic heterocycles. The van der Waals surface area contributed by atoms with E-state index in [1.54, 1.807) is 11.3 Å². The van der Waals surface area contributed by atoms with Crippen molar-refractivity contribution < 1.29 is 9.90 Å². The van der Waals surface area contributed by atoms with Crippen LogP contribution in [0.3, 0.4) is 0 Å². The minimum absolute atomic E-state index is 0.00215. The summed E-state index contributed by atoms with van der Waals surface area (Å²) in [7, 11) is 0. The fourth-order valence-electron chi connectivity index (χ4n) is 2.49. The summed E-state index contributed by atoms with van der Waals surface area (Å²) in [6, 6.07) is 0.00215. The van der Waals surface area contributed by atoms with E-state index >= 15 is 0 Å². The largest absolute Gasteiger partial charge is 0.393 e. The molecule has 1 unspecified atom stereocenters. The number of aliphatic hydroxyl groups excluding tert-OH is 1. The van der Waals surface area contributed by atoms with Gasteiger partial charge in [0.2, 0.25) is 0 Å². The van der Waals surface area contributed by atoms with E-state index in [9.17, 15) is 9.90 Å². The number of likely N-dealkylation sites (tertiary alicyclic amines) is 1. The highest BCUT2D eigenvalue weighted by Gasteiger charge is 2.25. The predicted molar refractivity (Wildman–Crippen MR) is 79.9 cm³/mol. The lowest BCUT2D eigenvalue weighted by Gasteiger charge is -2.33. The molecule has 1 aliphatic rings. The van der Waals surface area contributed by atoms with Crippen molar-refractivity contribution in [1.82, 2.24) is 15.2 Å². The van der Waals surface area contributed by atoms with Crippen molar-refractivity contribution in [2.24, 2.45) is 5.92 Å². The van der Waals surface area contributed by atoms with Crippen LogP contribution >= 0.6 is 11.3 Å². The Hall–Kier alpha value is -1.14. The number of hydrogen-bond acceptors (Lipinski definition) is 4. The maximum Gasteiger partial charge on any atom is 0.317 e. The SMILES string of the molecule is Cc1cnc(CCNC(=O)N2CCC(C(C)O)CC2)s1. The van der Waals surface area contributed by atoms with Gasteiger partial charge in [-0.25, -0.2) is 9.78 Å². The monoisotopic (exact) mass is 297 g/mol. The number of aryl methyl sites for hydroxylation is 1. The molecule has 0 spiro atoms. The molecule has 2 N–H and O–H groups in total. The van der Waals surface area contributed by atoms with Crippen molar-refractivity contribution in [1.29, 1.82) is 0 Å². The molecule has 0 aromatic carbocycles. The van der Waals surface area contributed by atoms with Crippen molar-refractivity contribution in [2.75, 3.05) is 19.6 Å². The van der Waals surface area contributed by atoms with E-state index in [1.807, 2.05) is 24.9 Å². The number of thiazole rings is 1. The molecule has 1 saturated heterocycles. The number of nitrogens with one attached hydrogen (secondary N) is 1. The number of rotatable bonds is 4. The van der Waals surface area contributed by atoms with Gasteiger partial charge in [0, 0.05) is 37.1 Å². The van der Waals surface area contributed by atoms with Crippen LogP contribution in [0.25, 0.3) is 0 Å². The second-order valence-electron chi connectivity index (χ2n) is 5.41. The van der Waals surface area contributed by atoms with Gasteiger partial charge in [0.15, 0.2) is 0 Å². The van der Waals surface area contributed by atoms with Gasteiger partial charge in [-0.05, 0) is 32.6 Å². The normalized spacial score (nSPS) is 18.1. The zero-order valence-electron chi connectivity index (χ0n) is 12.1. The molecule has 2 rings (SSSR count). The Labute approximate surface area is 124 Å². The van der Waals surface area contributed by atoms with Gasteiger partial charge in [-0.1, -0.05) is 0 Å². The van der Waals surface area contributed by atoms with Crippen molar-refractivity contribution in [3.63, 3.8) is 0 Å². The Morgan fingerprint density at radius 2 is 2.30 bits per heavy atom. The molecule has 1 aromatic heterocycles. The van der Waals surface area contributed by atoms with Crippen LogP contribution in [0.2, 0.25) is 0 Å². The molecule has 2 amide bonds. The van der Waals surface area contributed by atoms with Gasteiger partial charge < -0.3 is 15.3 Å². The first kappa shape index (κ1) is 15.3. The summed E-state index contributed by atoms with van der Waals surface area (Å²) in [6.07, 6.45) is 4.15. The average molecular weight is 297 g/mol. The third-order valence-corrected chi connectivity index (χ3v) is 4.77. The summed E-state index contributed by atoms with van der Waals surface area (Å²) in [4.78, 5) is 19.3. The first-order valence-electron chi connectivity index (χ1n) is 7.18.